The molecule has 1 aliphatic carbocycles. The fourth-order valence-electron chi connectivity index (χ4n) is 3.99. The van der Waals surface area contributed by atoms with Crippen molar-refractivity contribution in [3.63, 3.8) is 0 Å². The number of urea groups is 1. The first-order chi connectivity index (χ1) is 13.5. The molecule has 1 aliphatic heterocycles. The van der Waals surface area contributed by atoms with E-state index in [1.807, 2.05) is 0 Å². The van der Waals surface area contributed by atoms with E-state index in [0.29, 0.717) is 16.9 Å². The number of amides is 3. The van der Waals surface area contributed by atoms with Crippen molar-refractivity contribution in [1.82, 2.24) is 10.6 Å². The van der Waals surface area contributed by atoms with Crippen LogP contribution in [0.4, 0.5) is 20.6 Å². The van der Waals surface area contributed by atoms with Crippen LogP contribution in [0.2, 0.25) is 0 Å². The van der Waals surface area contributed by atoms with Crippen LogP contribution in [0.25, 0.3) is 0 Å². The van der Waals surface area contributed by atoms with Crippen LogP contribution in [0.3, 0.4) is 0 Å². The van der Waals surface area contributed by atoms with Crippen molar-refractivity contribution in [1.29, 1.82) is 0 Å². The van der Waals surface area contributed by atoms with Crippen molar-refractivity contribution in [2.75, 3.05) is 17.2 Å². The Balaban J connectivity index is 1.38. The second-order valence-electron chi connectivity index (χ2n) is 7.42. The van der Waals surface area contributed by atoms with Crippen molar-refractivity contribution in [3.05, 3.63) is 59.9 Å². The predicted molar refractivity (Wildman–Crippen MR) is 106 cm³/mol. The van der Waals surface area contributed by atoms with Gasteiger partial charge in [0.15, 0.2) is 0 Å². The normalized spacial score (nSPS) is 19.7. The number of hydrogen-bond donors (Lipinski definition) is 4. The molecule has 2 aromatic rings. The van der Waals surface area contributed by atoms with E-state index in [-0.39, 0.29) is 23.5 Å². The van der Waals surface area contributed by atoms with Gasteiger partial charge in [-0.05, 0) is 68.6 Å². The van der Waals surface area contributed by atoms with Crippen LogP contribution < -0.4 is 21.3 Å². The summed E-state index contributed by atoms with van der Waals surface area (Å²) < 4.78 is 13.3. The average molecular weight is 382 g/mol. The first kappa shape index (κ1) is 18.4. The topological polar surface area (TPSA) is 82.3 Å². The lowest BCUT2D eigenvalue weighted by atomic mass is 9.73. The second-order valence-corrected chi connectivity index (χ2v) is 7.42. The summed E-state index contributed by atoms with van der Waals surface area (Å²) in [5.41, 5.74) is 1.34. The number of halogens is 1. The molecule has 3 amide bonds. The van der Waals surface area contributed by atoms with Gasteiger partial charge in [0.2, 0.25) is 0 Å². The third-order valence-corrected chi connectivity index (χ3v) is 5.59. The minimum absolute atomic E-state index is 0.0596. The fourth-order valence-corrected chi connectivity index (χ4v) is 3.99. The highest BCUT2D eigenvalue weighted by Gasteiger charge is 2.47. The Kier molecular flexibility index (Phi) is 5.00. The molecule has 2 aliphatic rings. The molecular weight excluding hydrogens is 359 g/mol. The molecule has 0 bridgehead atoms. The highest BCUT2D eigenvalue weighted by atomic mass is 19.1. The lowest BCUT2D eigenvalue weighted by Gasteiger charge is -2.43. The van der Waals surface area contributed by atoms with Crippen molar-refractivity contribution >= 4 is 23.3 Å². The minimum atomic E-state index is -0.421. The molecule has 1 saturated carbocycles. The summed E-state index contributed by atoms with van der Waals surface area (Å²) in [5, 5.41) is 12.0. The maximum absolute atomic E-state index is 13.3. The largest absolute Gasteiger partial charge is 0.333 e. The monoisotopic (exact) mass is 382 g/mol. The summed E-state index contributed by atoms with van der Waals surface area (Å²) in [6.07, 6.45) is 4.29. The van der Waals surface area contributed by atoms with Gasteiger partial charge in [-0.25, -0.2) is 9.18 Å². The van der Waals surface area contributed by atoms with Crippen molar-refractivity contribution in [2.24, 2.45) is 0 Å². The van der Waals surface area contributed by atoms with Crippen LogP contribution >= 0.6 is 0 Å². The van der Waals surface area contributed by atoms with E-state index in [0.717, 1.165) is 25.8 Å². The van der Waals surface area contributed by atoms with Crippen LogP contribution in [0.1, 0.15) is 36.0 Å². The van der Waals surface area contributed by atoms with Crippen LogP contribution in [-0.2, 0) is 0 Å². The summed E-state index contributed by atoms with van der Waals surface area (Å²) >= 11 is 0. The Labute approximate surface area is 162 Å². The highest BCUT2D eigenvalue weighted by molar-refractivity contribution is 6.05. The second kappa shape index (κ2) is 7.59. The number of benzene rings is 2. The molecule has 146 valence electrons. The summed E-state index contributed by atoms with van der Waals surface area (Å²) in [7, 11) is 0. The number of rotatable bonds is 4. The third-order valence-electron chi connectivity index (χ3n) is 5.59. The fraction of sp³-hybridized carbons (Fsp3) is 0.333. The molecule has 1 atom stereocenters. The Morgan fingerprint density at radius 1 is 1.04 bits per heavy atom. The zero-order valence-corrected chi connectivity index (χ0v) is 15.4. The molecular formula is C21H23FN4O2. The molecule has 2 fully saturated rings. The average Bonchev–Trinajstić information content (AvgIpc) is 3.05. The van der Waals surface area contributed by atoms with Gasteiger partial charge < -0.3 is 21.3 Å². The van der Waals surface area contributed by atoms with E-state index >= 15 is 0 Å². The van der Waals surface area contributed by atoms with Crippen molar-refractivity contribution in [3.8, 4) is 0 Å². The standard InChI is InChI=1S/C21H23FN4O2/c22-15-5-2-7-17(13-15)24-19(27)14-4-1-6-16(12-14)25-20(28)26-18-8-11-23-21(18)9-3-10-21/h1-2,4-7,12-13,18,23H,3,8-11H2,(H,24,27)(H2,25,26,28). The number of anilines is 2. The number of hydrogen-bond acceptors (Lipinski definition) is 3. The summed E-state index contributed by atoms with van der Waals surface area (Å²) in [4.78, 5) is 24.8. The van der Waals surface area contributed by atoms with Crippen LogP contribution in [0.5, 0.6) is 0 Å². The molecule has 1 unspecified atom stereocenters. The Morgan fingerprint density at radius 3 is 2.50 bits per heavy atom. The van der Waals surface area contributed by atoms with Gasteiger partial charge >= 0.3 is 6.03 Å². The summed E-state index contributed by atoms with van der Waals surface area (Å²) in [6.45, 7) is 0.917. The number of carbonyl (C=O) groups is 2. The molecule has 7 heteroatoms. The lowest BCUT2D eigenvalue weighted by molar-refractivity contribution is 0.102. The van der Waals surface area contributed by atoms with Crippen molar-refractivity contribution < 1.29 is 14.0 Å². The van der Waals surface area contributed by atoms with E-state index in [2.05, 4.69) is 21.3 Å². The summed E-state index contributed by atoms with van der Waals surface area (Å²) in [5.74, 6) is -0.793. The quantitative estimate of drug-likeness (QED) is 0.653. The SMILES string of the molecule is O=C(Nc1cccc(C(=O)Nc2cccc(F)c2)c1)NC1CCNC12CCC2. The Bertz CT molecular complexity index is 897. The molecule has 6 nitrogen and oxygen atoms in total. The van der Waals surface area contributed by atoms with Gasteiger partial charge in [-0.15, -0.1) is 0 Å². The maximum atomic E-state index is 13.3. The molecule has 1 heterocycles. The zero-order chi connectivity index (χ0) is 19.6. The number of carbonyl (C=O) groups excluding carboxylic acids is 2. The lowest BCUT2D eigenvalue weighted by Crippen LogP contribution is -2.59. The number of nitrogens with one attached hydrogen (secondary N) is 4. The van der Waals surface area contributed by atoms with E-state index in [1.165, 1.54) is 24.6 Å². The zero-order valence-electron chi connectivity index (χ0n) is 15.4. The molecule has 2 aromatic carbocycles. The van der Waals surface area contributed by atoms with Gasteiger partial charge in [0, 0.05) is 28.5 Å². The van der Waals surface area contributed by atoms with E-state index in [4.69, 9.17) is 0 Å². The van der Waals surface area contributed by atoms with E-state index in [9.17, 15) is 14.0 Å². The molecule has 4 N–H and O–H groups in total. The Morgan fingerprint density at radius 2 is 1.79 bits per heavy atom. The Hall–Kier alpha value is -2.93. The van der Waals surface area contributed by atoms with Gasteiger partial charge in [0.1, 0.15) is 5.82 Å². The smallest absolute Gasteiger partial charge is 0.319 e. The van der Waals surface area contributed by atoms with Crippen molar-refractivity contribution in [2.45, 2.75) is 37.3 Å². The van der Waals surface area contributed by atoms with Gasteiger partial charge in [0.25, 0.3) is 5.91 Å². The van der Waals surface area contributed by atoms with Gasteiger partial charge in [-0.2, -0.15) is 0 Å². The van der Waals surface area contributed by atoms with Gasteiger partial charge in [0.05, 0.1) is 0 Å². The van der Waals surface area contributed by atoms with Gasteiger partial charge in [-0.3, -0.25) is 4.79 Å². The molecule has 4 rings (SSSR count). The first-order valence-corrected chi connectivity index (χ1v) is 9.54. The summed E-state index contributed by atoms with van der Waals surface area (Å²) in [6, 6.07) is 12.2. The van der Waals surface area contributed by atoms with Crippen LogP contribution in [0.15, 0.2) is 48.5 Å². The minimum Gasteiger partial charge on any atom is -0.333 e. The van der Waals surface area contributed by atoms with E-state index in [1.54, 1.807) is 30.3 Å². The first-order valence-electron chi connectivity index (χ1n) is 9.54. The molecule has 0 aromatic heterocycles. The van der Waals surface area contributed by atoms with Crippen LogP contribution in [0, 0.1) is 5.82 Å². The molecule has 0 radical (unpaired) electrons. The van der Waals surface area contributed by atoms with Crippen LogP contribution in [-0.4, -0.2) is 30.1 Å². The molecule has 1 saturated heterocycles. The van der Waals surface area contributed by atoms with Gasteiger partial charge in [-0.1, -0.05) is 12.1 Å². The molecule has 28 heavy (non-hydrogen) atoms. The third kappa shape index (κ3) is 3.84. The van der Waals surface area contributed by atoms with E-state index < -0.39 is 5.82 Å². The maximum Gasteiger partial charge on any atom is 0.319 e. The predicted octanol–water partition coefficient (Wildman–Crippen LogP) is 3.48. The highest BCUT2D eigenvalue weighted by Crippen LogP contribution is 2.39. The molecule has 1 spiro atoms.